The van der Waals surface area contributed by atoms with Gasteiger partial charge in [-0.2, -0.15) is 4.98 Å². The molecule has 126 valence electrons. The van der Waals surface area contributed by atoms with Gasteiger partial charge < -0.3 is 10.2 Å². The number of aromatic nitrogens is 2. The Balaban J connectivity index is 1.83. The quantitative estimate of drug-likeness (QED) is 0.863. The molecular weight excluding hydrogens is 300 g/mol. The number of benzene rings is 1. The molecule has 2 heterocycles. The highest BCUT2D eigenvalue weighted by Gasteiger charge is 2.18. The van der Waals surface area contributed by atoms with E-state index in [1.165, 1.54) is 12.8 Å². The molecule has 1 aromatic carbocycles. The minimum Gasteiger partial charge on any atom is -0.356 e. The number of nitrogens with one attached hydrogen (secondary N) is 1. The van der Waals surface area contributed by atoms with Crippen LogP contribution in [-0.4, -0.2) is 28.8 Å². The van der Waals surface area contributed by atoms with E-state index in [4.69, 9.17) is 0 Å². The molecule has 1 aliphatic rings. The van der Waals surface area contributed by atoms with Crippen molar-refractivity contribution in [3.05, 3.63) is 41.6 Å². The van der Waals surface area contributed by atoms with Crippen molar-refractivity contribution < 1.29 is 4.79 Å². The maximum atomic E-state index is 11.5. The number of piperidine rings is 1. The summed E-state index contributed by atoms with van der Waals surface area (Å²) >= 11 is 0. The van der Waals surface area contributed by atoms with E-state index in [1.807, 2.05) is 37.3 Å². The zero-order valence-electron chi connectivity index (χ0n) is 14.5. The lowest BCUT2D eigenvalue weighted by molar-refractivity contribution is 0.101. The summed E-state index contributed by atoms with van der Waals surface area (Å²) < 4.78 is 0. The molecule has 5 heteroatoms. The van der Waals surface area contributed by atoms with Gasteiger partial charge in [0.05, 0.1) is 0 Å². The molecule has 1 aliphatic heterocycles. The van der Waals surface area contributed by atoms with E-state index in [9.17, 15) is 4.79 Å². The van der Waals surface area contributed by atoms with Crippen LogP contribution < -0.4 is 10.2 Å². The van der Waals surface area contributed by atoms with Crippen LogP contribution in [0, 0.1) is 12.8 Å². The summed E-state index contributed by atoms with van der Waals surface area (Å²) in [4.78, 5) is 23.0. The predicted octanol–water partition coefficient (Wildman–Crippen LogP) is 3.97. The molecular formula is C19H24N4O. The molecule has 1 unspecified atom stereocenters. The molecule has 24 heavy (non-hydrogen) atoms. The highest BCUT2D eigenvalue weighted by Crippen LogP contribution is 2.24. The summed E-state index contributed by atoms with van der Waals surface area (Å²) in [5.74, 6) is 2.28. The first-order valence-corrected chi connectivity index (χ1v) is 8.50. The molecule has 1 fully saturated rings. The second kappa shape index (κ2) is 6.99. The van der Waals surface area contributed by atoms with E-state index in [0.717, 1.165) is 30.3 Å². The Bertz CT molecular complexity index is 744. The molecule has 0 saturated carbocycles. The van der Waals surface area contributed by atoms with E-state index < -0.39 is 0 Å². The third kappa shape index (κ3) is 3.91. The van der Waals surface area contributed by atoms with Crippen LogP contribution in [0.3, 0.4) is 0 Å². The maximum Gasteiger partial charge on any atom is 0.229 e. The van der Waals surface area contributed by atoms with Gasteiger partial charge in [-0.15, -0.1) is 0 Å². The molecule has 0 bridgehead atoms. The van der Waals surface area contributed by atoms with Crippen molar-refractivity contribution in [1.29, 1.82) is 0 Å². The summed E-state index contributed by atoms with van der Waals surface area (Å²) in [7, 11) is 0. The van der Waals surface area contributed by atoms with Gasteiger partial charge >= 0.3 is 0 Å². The van der Waals surface area contributed by atoms with Crippen LogP contribution in [0.25, 0.3) is 0 Å². The number of nitrogens with zero attached hydrogens (tertiary/aromatic N) is 3. The lowest BCUT2D eigenvalue weighted by atomic mass is 10.0. The number of Topliss-reactive ketones (excluding diaryl/α,β-unsaturated/α-hetero) is 1. The fourth-order valence-corrected chi connectivity index (χ4v) is 3.11. The van der Waals surface area contributed by atoms with Crippen molar-refractivity contribution >= 4 is 23.2 Å². The minimum absolute atomic E-state index is 0.0480. The van der Waals surface area contributed by atoms with E-state index in [0.29, 0.717) is 17.4 Å². The molecule has 1 aromatic heterocycles. The fraction of sp³-hybridized carbons (Fsp3) is 0.421. The van der Waals surface area contributed by atoms with E-state index in [-0.39, 0.29) is 5.78 Å². The Morgan fingerprint density at radius 1 is 1.29 bits per heavy atom. The van der Waals surface area contributed by atoms with Crippen LogP contribution in [0.1, 0.15) is 42.7 Å². The van der Waals surface area contributed by atoms with Gasteiger partial charge in [-0.1, -0.05) is 19.1 Å². The van der Waals surface area contributed by atoms with Crippen LogP contribution in [0.2, 0.25) is 0 Å². The number of anilines is 3. The summed E-state index contributed by atoms with van der Waals surface area (Å²) in [5.41, 5.74) is 2.44. The number of hydrogen-bond donors (Lipinski definition) is 1. The van der Waals surface area contributed by atoms with Crippen molar-refractivity contribution in [3.8, 4) is 0 Å². The molecule has 5 nitrogen and oxygen atoms in total. The number of carbonyl (C=O) groups is 1. The van der Waals surface area contributed by atoms with Gasteiger partial charge in [0.2, 0.25) is 5.95 Å². The smallest absolute Gasteiger partial charge is 0.229 e. The SMILES string of the molecule is CC(=O)c1cccc(Nc2nc(C)cc(N3CCCC(C)C3)n2)c1. The molecule has 3 rings (SSSR count). The van der Waals surface area contributed by atoms with E-state index >= 15 is 0 Å². The second-order valence-corrected chi connectivity index (χ2v) is 6.65. The van der Waals surface area contributed by atoms with Gasteiger partial charge in [-0.25, -0.2) is 4.98 Å². The molecule has 0 spiro atoms. The highest BCUT2D eigenvalue weighted by molar-refractivity contribution is 5.95. The number of hydrogen-bond acceptors (Lipinski definition) is 5. The third-order valence-corrected chi connectivity index (χ3v) is 4.35. The average Bonchev–Trinajstić information content (AvgIpc) is 2.54. The normalized spacial score (nSPS) is 17.6. The largest absolute Gasteiger partial charge is 0.356 e. The molecule has 0 radical (unpaired) electrons. The zero-order chi connectivity index (χ0) is 17.1. The second-order valence-electron chi connectivity index (χ2n) is 6.65. The first kappa shape index (κ1) is 16.4. The van der Waals surface area contributed by atoms with Gasteiger partial charge in [0.15, 0.2) is 5.78 Å². The van der Waals surface area contributed by atoms with Crippen molar-refractivity contribution in [3.63, 3.8) is 0 Å². The Labute approximate surface area is 143 Å². The van der Waals surface area contributed by atoms with Crippen LogP contribution in [-0.2, 0) is 0 Å². The third-order valence-electron chi connectivity index (χ3n) is 4.35. The highest BCUT2D eigenvalue weighted by atomic mass is 16.1. The molecule has 2 aromatic rings. The predicted molar refractivity (Wildman–Crippen MR) is 97.1 cm³/mol. The lowest BCUT2D eigenvalue weighted by Gasteiger charge is -2.32. The fourth-order valence-electron chi connectivity index (χ4n) is 3.11. The number of carbonyl (C=O) groups excluding carboxylic acids is 1. The summed E-state index contributed by atoms with van der Waals surface area (Å²) in [5, 5.41) is 3.23. The number of ketones is 1. The van der Waals surface area contributed by atoms with Crippen molar-refractivity contribution in [2.75, 3.05) is 23.3 Å². The Hall–Kier alpha value is -2.43. The van der Waals surface area contributed by atoms with Gasteiger partial charge in [0, 0.05) is 36.1 Å². The van der Waals surface area contributed by atoms with E-state index in [1.54, 1.807) is 6.92 Å². The van der Waals surface area contributed by atoms with Gasteiger partial charge in [-0.05, 0) is 44.7 Å². The van der Waals surface area contributed by atoms with Crippen LogP contribution in [0.15, 0.2) is 30.3 Å². The Morgan fingerprint density at radius 2 is 2.12 bits per heavy atom. The Morgan fingerprint density at radius 3 is 2.88 bits per heavy atom. The van der Waals surface area contributed by atoms with Crippen LogP contribution >= 0.6 is 0 Å². The number of aryl methyl sites for hydroxylation is 1. The molecule has 0 amide bonds. The zero-order valence-corrected chi connectivity index (χ0v) is 14.5. The lowest BCUT2D eigenvalue weighted by Crippen LogP contribution is -2.35. The van der Waals surface area contributed by atoms with Crippen LogP contribution in [0.5, 0.6) is 0 Å². The monoisotopic (exact) mass is 324 g/mol. The van der Waals surface area contributed by atoms with Gasteiger partial charge in [0.25, 0.3) is 0 Å². The summed E-state index contributed by atoms with van der Waals surface area (Å²) in [6.07, 6.45) is 2.48. The van der Waals surface area contributed by atoms with Crippen LogP contribution in [0.4, 0.5) is 17.5 Å². The molecule has 1 N–H and O–H groups in total. The van der Waals surface area contributed by atoms with E-state index in [2.05, 4.69) is 27.1 Å². The van der Waals surface area contributed by atoms with Gasteiger partial charge in [0.1, 0.15) is 5.82 Å². The maximum absolute atomic E-state index is 11.5. The average molecular weight is 324 g/mol. The standard InChI is InChI=1S/C19H24N4O/c1-13-6-5-9-23(12-13)18-10-14(2)20-19(22-18)21-17-8-4-7-16(11-17)15(3)24/h4,7-8,10-11,13H,5-6,9,12H2,1-3H3,(H,20,21,22). The molecule has 1 atom stereocenters. The molecule has 1 saturated heterocycles. The summed E-state index contributed by atoms with van der Waals surface area (Å²) in [6, 6.07) is 9.46. The van der Waals surface area contributed by atoms with Crippen molar-refractivity contribution in [2.24, 2.45) is 5.92 Å². The molecule has 0 aliphatic carbocycles. The topological polar surface area (TPSA) is 58.1 Å². The van der Waals surface area contributed by atoms with Crippen molar-refractivity contribution in [1.82, 2.24) is 9.97 Å². The minimum atomic E-state index is 0.0480. The first-order chi connectivity index (χ1) is 11.5. The Kier molecular flexibility index (Phi) is 4.79. The number of rotatable bonds is 4. The summed E-state index contributed by atoms with van der Waals surface area (Å²) in [6.45, 7) is 7.91. The van der Waals surface area contributed by atoms with Crippen molar-refractivity contribution in [2.45, 2.75) is 33.6 Å². The first-order valence-electron chi connectivity index (χ1n) is 8.50. The van der Waals surface area contributed by atoms with Gasteiger partial charge in [-0.3, -0.25) is 4.79 Å².